The molecule has 0 heterocycles. The van der Waals surface area contributed by atoms with E-state index in [2.05, 4.69) is 5.32 Å². The Balaban J connectivity index is 4.03. The monoisotopic (exact) mass is 225 g/mol. The van der Waals surface area contributed by atoms with Gasteiger partial charge in [0.15, 0.2) is 0 Å². The Bertz CT molecular complexity index is 164. The van der Waals surface area contributed by atoms with Crippen molar-refractivity contribution in [3.63, 3.8) is 0 Å². The number of nitrogens with one attached hydrogen (secondary N) is 1. The molecule has 0 bridgehead atoms. The third-order valence-corrected chi connectivity index (χ3v) is 2.20. The van der Waals surface area contributed by atoms with Crippen molar-refractivity contribution in [2.75, 3.05) is 0 Å². The Hall–Kier alpha value is -0.250. The molecule has 1 atom stereocenters. The van der Waals surface area contributed by atoms with Gasteiger partial charge >= 0.3 is 6.18 Å². The van der Waals surface area contributed by atoms with Crippen LogP contribution in [0.4, 0.5) is 13.2 Å². The van der Waals surface area contributed by atoms with Crippen molar-refractivity contribution >= 4 is 0 Å². The lowest BCUT2D eigenvalue weighted by Crippen LogP contribution is -2.45. The van der Waals surface area contributed by atoms with E-state index in [1.54, 1.807) is 13.8 Å². The molecule has 0 aromatic carbocycles. The van der Waals surface area contributed by atoms with Crippen molar-refractivity contribution in [1.29, 1.82) is 0 Å². The minimum Gasteiger partial charge on any atom is -0.304 e. The van der Waals surface area contributed by atoms with Gasteiger partial charge in [0.25, 0.3) is 0 Å². The number of hydrogen-bond acceptors (Lipinski definition) is 1. The molecule has 1 nitrogen and oxygen atoms in total. The first-order valence-electron chi connectivity index (χ1n) is 5.56. The van der Waals surface area contributed by atoms with Crippen LogP contribution in [0.25, 0.3) is 0 Å². The van der Waals surface area contributed by atoms with Crippen LogP contribution in [-0.4, -0.2) is 18.3 Å². The van der Waals surface area contributed by atoms with Gasteiger partial charge < -0.3 is 5.32 Å². The Morgan fingerprint density at radius 1 is 1.00 bits per heavy atom. The Labute approximate surface area is 90.4 Å². The first kappa shape index (κ1) is 14.8. The summed E-state index contributed by atoms with van der Waals surface area (Å²) in [6.45, 7) is 7.53. The maximum Gasteiger partial charge on any atom is 0.403 e. The zero-order chi connectivity index (χ0) is 12.1. The molecule has 0 aliphatic carbocycles. The fraction of sp³-hybridized carbons (Fsp3) is 1.00. The average molecular weight is 225 g/mol. The van der Waals surface area contributed by atoms with E-state index in [0.717, 1.165) is 6.42 Å². The molecule has 0 aliphatic heterocycles. The maximum absolute atomic E-state index is 12.5. The lowest BCUT2D eigenvalue weighted by Gasteiger charge is -2.24. The van der Waals surface area contributed by atoms with E-state index in [-0.39, 0.29) is 12.5 Å². The fourth-order valence-corrected chi connectivity index (χ4v) is 1.47. The molecule has 0 aromatic heterocycles. The number of alkyl halides is 3. The zero-order valence-corrected chi connectivity index (χ0v) is 9.99. The molecule has 0 aromatic rings. The van der Waals surface area contributed by atoms with Gasteiger partial charge in [0.2, 0.25) is 0 Å². The van der Waals surface area contributed by atoms with Crippen LogP contribution in [-0.2, 0) is 0 Å². The van der Waals surface area contributed by atoms with Gasteiger partial charge in [0.1, 0.15) is 6.04 Å². The van der Waals surface area contributed by atoms with Crippen molar-refractivity contribution in [3.8, 4) is 0 Å². The highest BCUT2D eigenvalue weighted by atomic mass is 19.4. The molecule has 92 valence electrons. The van der Waals surface area contributed by atoms with Gasteiger partial charge in [-0.1, -0.05) is 40.5 Å². The predicted molar refractivity (Wildman–Crippen MR) is 56.8 cm³/mol. The highest BCUT2D eigenvalue weighted by Crippen LogP contribution is 2.25. The minimum absolute atomic E-state index is 0.129. The molecule has 0 amide bonds. The summed E-state index contributed by atoms with van der Waals surface area (Å²) in [6.07, 6.45) is -2.46. The Morgan fingerprint density at radius 3 is 1.87 bits per heavy atom. The summed E-state index contributed by atoms with van der Waals surface area (Å²) in [7, 11) is 0. The van der Waals surface area contributed by atoms with Crippen LogP contribution in [0.5, 0.6) is 0 Å². The summed E-state index contributed by atoms with van der Waals surface area (Å²) in [5.74, 6) is 0.470. The molecule has 0 radical (unpaired) electrons. The highest BCUT2D eigenvalue weighted by molar-refractivity contribution is 4.76. The second kappa shape index (κ2) is 6.36. The van der Waals surface area contributed by atoms with Gasteiger partial charge in [0.05, 0.1) is 0 Å². The minimum atomic E-state index is -4.12. The summed E-state index contributed by atoms with van der Waals surface area (Å²) < 4.78 is 37.6. The smallest absolute Gasteiger partial charge is 0.304 e. The van der Waals surface area contributed by atoms with Gasteiger partial charge in [-0.2, -0.15) is 13.2 Å². The van der Waals surface area contributed by atoms with Crippen LogP contribution in [0.3, 0.4) is 0 Å². The lowest BCUT2D eigenvalue weighted by molar-refractivity contribution is -0.159. The first-order chi connectivity index (χ1) is 6.73. The molecule has 0 rings (SSSR count). The maximum atomic E-state index is 12.5. The summed E-state index contributed by atoms with van der Waals surface area (Å²) in [5.41, 5.74) is 0. The van der Waals surface area contributed by atoms with Crippen LogP contribution < -0.4 is 5.32 Å². The van der Waals surface area contributed by atoms with E-state index in [4.69, 9.17) is 0 Å². The van der Waals surface area contributed by atoms with Crippen LogP contribution in [0, 0.1) is 5.92 Å². The quantitative estimate of drug-likeness (QED) is 0.726. The average Bonchev–Trinajstić information content (AvgIpc) is 1.99. The first-order valence-corrected chi connectivity index (χ1v) is 5.56. The van der Waals surface area contributed by atoms with Crippen molar-refractivity contribution < 1.29 is 13.2 Å². The second-order valence-corrected chi connectivity index (χ2v) is 4.74. The van der Waals surface area contributed by atoms with E-state index in [0.29, 0.717) is 12.3 Å². The summed E-state index contributed by atoms with van der Waals surface area (Å²) >= 11 is 0. The van der Waals surface area contributed by atoms with E-state index in [9.17, 15) is 13.2 Å². The standard InChI is InChI=1S/C11H22F3N/c1-8(2)6-5-7-10(11(12,13)14)15-9(3)4/h8-10,15H,5-7H2,1-4H3/t10-/m0/s1. The van der Waals surface area contributed by atoms with Crippen molar-refractivity contribution in [3.05, 3.63) is 0 Å². The molecule has 1 N–H and O–H groups in total. The molecule has 0 unspecified atom stereocenters. The summed E-state index contributed by atoms with van der Waals surface area (Å²) in [5, 5.41) is 2.57. The van der Waals surface area contributed by atoms with Gasteiger partial charge in [-0.05, 0) is 12.3 Å². The van der Waals surface area contributed by atoms with E-state index in [1.165, 1.54) is 0 Å². The number of rotatable bonds is 6. The SMILES string of the molecule is CC(C)CCC[C@H](NC(C)C)C(F)(F)F. The Kier molecular flexibility index (Phi) is 6.25. The normalized spacial score (nSPS) is 15.0. The predicted octanol–water partition coefficient (Wildman–Crippen LogP) is 3.74. The fourth-order valence-electron chi connectivity index (χ4n) is 1.47. The van der Waals surface area contributed by atoms with Crippen molar-refractivity contribution in [2.24, 2.45) is 5.92 Å². The zero-order valence-electron chi connectivity index (χ0n) is 9.99. The third kappa shape index (κ3) is 7.65. The molecule has 0 fully saturated rings. The topological polar surface area (TPSA) is 12.0 Å². The van der Waals surface area contributed by atoms with Gasteiger partial charge in [-0.25, -0.2) is 0 Å². The van der Waals surface area contributed by atoms with Gasteiger partial charge in [-0.3, -0.25) is 0 Å². The lowest BCUT2D eigenvalue weighted by atomic mass is 10.0. The molecule has 4 heteroatoms. The van der Waals surface area contributed by atoms with Crippen LogP contribution >= 0.6 is 0 Å². The molecule has 0 saturated heterocycles. The Morgan fingerprint density at radius 2 is 1.53 bits per heavy atom. The van der Waals surface area contributed by atoms with Crippen LogP contribution in [0.1, 0.15) is 47.0 Å². The second-order valence-electron chi connectivity index (χ2n) is 4.74. The summed E-state index contributed by atoms with van der Waals surface area (Å²) in [4.78, 5) is 0. The number of hydrogen-bond donors (Lipinski definition) is 1. The molecule has 15 heavy (non-hydrogen) atoms. The largest absolute Gasteiger partial charge is 0.403 e. The summed E-state index contributed by atoms with van der Waals surface area (Å²) in [6, 6.07) is -1.48. The molecule has 0 aliphatic rings. The molecular formula is C11H22F3N. The van der Waals surface area contributed by atoms with Crippen LogP contribution in [0.2, 0.25) is 0 Å². The van der Waals surface area contributed by atoms with Crippen molar-refractivity contribution in [1.82, 2.24) is 5.32 Å². The third-order valence-electron chi connectivity index (χ3n) is 2.20. The number of halogens is 3. The van der Waals surface area contributed by atoms with E-state index in [1.807, 2.05) is 13.8 Å². The molecular weight excluding hydrogens is 203 g/mol. The van der Waals surface area contributed by atoms with Crippen LogP contribution in [0.15, 0.2) is 0 Å². The molecule has 0 saturated carbocycles. The van der Waals surface area contributed by atoms with E-state index >= 15 is 0 Å². The van der Waals surface area contributed by atoms with Crippen molar-refractivity contribution in [2.45, 2.75) is 65.2 Å². The van der Waals surface area contributed by atoms with E-state index < -0.39 is 12.2 Å². The van der Waals surface area contributed by atoms with Gasteiger partial charge in [-0.15, -0.1) is 0 Å². The highest BCUT2D eigenvalue weighted by Gasteiger charge is 2.38. The molecule has 0 spiro atoms. The van der Waals surface area contributed by atoms with Gasteiger partial charge in [0, 0.05) is 6.04 Å².